The molecule has 2 saturated heterocycles. The van der Waals surface area contributed by atoms with Crippen molar-refractivity contribution in [3.05, 3.63) is 0 Å². The number of nitrogens with two attached hydrogens (primary N) is 4. The van der Waals surface area contributed by atoms with Crippen LogP contribution >= 0.6 is 49.6 Å². The van der Waals surface area contributed by atoms with E-state index in [9.17, 15) is 30.3 Å². The lowest BCUT2D eigenvalue weighted by Gasteiger charge is -2.46. The van der Waals surface area contributed by atoms with Gasteiger partial charge in [0.25, 0.3) is 0 Å². The van der Waals surface area contributed by atoms with E-state index in [-0.39, 0.29) is 81.7 Å². The second-order valence-corrected chi connectivity index (χ2v) is 9.61. The monoisotopic (exact) mass is 667 g/mol. The standard InChI is InChI=1S/C21H41N5O10.4ClH/c22-4-3-12(28)19(32)26-11-5-10(25)17(35-20-9(24)2-1-8(6-23)33-20)18(14(11)29)36-21-16(31)15(30)13(7-27)34-21;;;;/h8-18,20-21,27-31H,1-7,22-25H2,(H,26,32);4*1H. The molecule has 3 fully saturated rings. The number of carbonyl (C=O) groups excluding carboxylic acids is 1. The molecule has 0 aromatic carbocycles. The zero-order chi connectivity index (χ0) is 26.6. The van der Waals surface area contributed by atoms with Gasteiger partial charge in [-0.05, 0) is 32.2 Å². The van der Waals surface area contributed by atoms with Crippen LogP contribution in [0.3, 0.4) is 0 Å². The average Bonchev–Trinajstić information content (AvgIpc) is 3.13. The van der Waals surface area contributed by atoms with Crippen LogP contribution in [0.25, 0.3) is 0 Å². The third-order valence-electron chi connectivity index (χ3n) is 6.93. The number of nitrogens with one attached hydrogen (secondary N) is 1. The molecule has 2 aliphatic heterocycles. The molecule has 3 rings (SSSR count). The summed E-state index contributed by atoms with van der Waals surface area (Å²) in [6.45, 7) is -0.235. The van der Waals surface area contributed by atoms with Crippen molar-refractivity contribution >= 4 is 55.5 Å². The van der Waals surface area contributed by atoms with Crippen molar-refractivity contribution in [3.63, 3.8) is 0 Å². The van der Waals surface area contributed by atoms with Crippen LogP contribution in [0.4, 0.5) is 0 Å². The first-order valence-electron chi connectivity index (χ1n) is 12.3. The maximum atomic E-state index is 12.4. The number of aliphatic hydroxyl groups excluding tert-OH is 5. The fourth-order valence-corrected chi connectivity index (χ4v) is 4.75. The molecule has 19 heteroatoms. The van der Waals surface area contributed by atoms with Gasteiger partial charge < -0.3 is 72.7 Å². The van der Waals surface area contributed by atoms with Crippen molar-refractivity contribution in [2.75, 3.05) is 19.7 Å². The lowest BCUT2D eigenvalue weighted by atomic mass is 9.83. The number of rotatable bonds is 10. The van der Waals surface area contributed by atoms with Gasteiger partial charge in [0.1, 0.15) is 42.7 Å². The Morgan fingerprint density at radius 1 is 0.900 bits per heavy atom. The van der Waals surface area contributed by atoms with Crippen LogP contribution < -0.4 is 28.3 Å². The molecule has 14 N–H and O–H groups in total. The fraction of sp³-hybridized carbons (Fsp3) is 0.952. The van der Waals surface area contributed by atoms with Crippen molar-refractivity contribution in [2.24, 2.45) is 22.9 Å². The summed E-state index contributed by atoms with van der Waals surface area (Å²) in [5, 5.41) is 53.5. The summed E-state index contributed by atoms with van der Waals surface area (Å²) in [5.41, 5.74) is 23.7. The Morgan fingerprint density at radius 2 is 1.52 bits per heavy atom. The van der Waals surface area contributed by atoms with Crippen LogP contribution in [0.5, 0.6) is 0 Å². The smallest absolute Gasteiger partial charge is 0.249 e. The Hall–Kier alpha value is 0.110. The number of hydrogen-bond acceptors (Lipinski definition) is 14. The highest BCUT2D eigenvalue weighted by Crippen LogP contribution is 2.32. The molecule has 2 heterocycles. The number of halogens is 4. The van der Waals surface area contributed by atoms with Crippen LogP contribution in [0.2, 0.25) is 0 Å². The molecule has 13 atom stereocenters. The first-order valence-corrected chi connectivity index (χ1v) is 12.3. The predicted octanol–water partition coefficient (Wildman–Crippen LogP) is -4.04. The van der Waals surface area contributed by atoms with E-state index in [0.717, 1.165) is 0 Å². The van der Waals surface area contributed by atoms with Gasteiger partial charge >= 0.3 is 0 Å². The fourth-order valence-electron chi connectivity index (χ4n) is 4.75. The Labute approximate surface area is 257 Å². The van der Waals surface area contributed by atoms with Gasteiger partial charge in [0.2, 0.25) is 5.91 Å². The van der Waals surface area contributed by atoms with Gasteiger partial charge in [-0.15, -0.1) is 49.6 Å². The van der Waals surface area contributed by atoms with Crippen LogP contribution in [-0.4, -0.2) is 131 Å². The zero-order valence-electron chi connectivity index (χ0n) is 21.7. The molecule has 13 unspecified atom stereocenters. The second kappa shape index (κ2) is 19.4. The van der Waals surface area contributed by atoms with E-state index in [4.69, 9.17) is 41.9 Å². The maximum Gasteiger partial charge on any atom is 0.249 e. The van der Waals surface area contributed by atoms with E-state index in [2.05, 4.69) is 5.32 Å². The highest BCUT2D eigenvalue weighted by Gasteiger charge is 2.51. The maximum absolute atomic E-state index is 12.4. The summed E-state index contributed by atoms with van der Waals surface area (Å²) in [5.74, 6) is -0.744. The topological polar surface area (TPSA) is 271 Å². The lowest BCUT2D eigenvalue weighted by Crippen LogP contribution is -2.67. The summed E-state index contributed by atoms with van der Waals surface area (Å²) in [6, 6.07) is -2.28. The van der Waals surface area contributed by atoms with Gasteiger partial charge in [0.05, 0.1) is 24.8 Å². The molecule has 1 aliphatic carbocycles. The minimum absolute atomic E-state index is 0. The van der Waals surface area contributed by atoms with Crippen LogP contribution in [0.1, 0.15) is 25.7 Å². The van der Waals surface area contributed by atoms with E-state index < -0.39 is 85.9 Å². The molecule has 0 radical (unpaired) electrons. The van der Waals surface area contributed by atoms with E-state index in [1.165, 1.54) is 0 Å². The molecule has 15 nitrogen and oxygen atoms in total. The molecule has 1 amide bonds. The van der Waals surface area contributed by atoms with Gasteiger partial charge in [-0.1, -0.05) is 0 Å². The third kappa shape index (κ3) is 10.1. The molecule has 0 bridgehead atoms. The first-order chi connectivity index (χ1) is 17.1. The predicted molar refractivity (Wildman–Crippen MR) is 152 cm³/mol. The van der Waals surface area contributed by atoms with Gasteiger partial charge in [-0.2, -0.15) is 0 Å². The van der Waals surface area contributed by atoms with Gasteiger partial charge in [-0.3, -0.25) is 4.79 Å². The minimum atomic E-state index is -1.54. The van der Waals surface area contributed by atoms with E-state index in [1.54, 1.807) is 0 Å². The molecule has 0 aromatic rings. The van der Waals surface area contributed by atoms with Gasteiger partial charge in [0, 0.05) is 12.6 Å². The Balaban J connectivity index is 0. The third-order valence-corrected chi connectivity index (χ3v) is 6.93. The SMILES string of the molecule is Cl.Cl.Cl.Cl.NCCC(O)C(=O)NC1CC(N)C(OC2OC(CN)CCC2N)C(OC2OC(CO)C(O)C2O)C1O. The Kier molecular flexibility index (Phi) is 20.5. The quantitative estimate of drug-likeness (QED) is 0.106. The molecule has 3 aliphatic rings. The van der Waals surface area contributed by atoms with Crippen LogP contribution in [-0.2, 0) is 23.7 Å². The van der Waals surface area contributed by atoms with Gasteiger partial charge in [0.15, 0.2) is 12.6 Å². The molecule has 0 spiro atoms. The summed E-state index contributed by atoms with van der Waals surface area (Å²) >= 11 is 0. The Bertz CT molecular complexity index is 729. The van der Waals surface area contributed by atoms with Crippen molar-refractivity contribution in [3.8, 4) is 0 Å². The minimum Gasteiger partial charge on any atom is -0.394 e. The van der Waals surface area contributed by atoms with E-state index >= 15 is 0 Å². The average molecular weight is 669 g/mol. The summed E-state index contributed by atoms with van der Waals surface area (Å²) in [4.78, 5) is 12.4. The number of amides is 1. The molecule has 0 aromatic heterocycles. The summed E-state index contributed by atoms with van der Waals surface area (Å²) in [6.07, 6.45) is -10.6. The number of aliphatic hydroxyl groups is 5. The first kappa shape index (κ1) is 42.2. The number of carbonyl (C=O) groups is 1. The van der Waals surface area contributed by atoms with Crippen LogP contribution in [0.15, 0.2) is 0 Å². The molecular weight excluding hydrogens is 624 g/mol. The van der Waals surface area contributed by atoms with Crippen molar-refractivity contribution < 1.29 is 49.3 Å². The number of hydrogen-bond donors (Lipinski definition) is 10. The molecule has 242 valence electrons. The van der Waals surface area contributed by atoms with E-state index in [1.807, 2.05) is 0 Å². The molecular formula is C21H45Cl4N5O10. The Morgan fingerprint density at radius 3 is 2.08 bits per heavy atom. The molecule has 40 heavy (non-hydrogen) atoms. The normalized spacial score (nSPS) is 39.9. The van der Waals surface area contributed by atoms with Gasteiger partial charge in [-0.25, -0.2) is 0 Å². The largest absolute Gasteiger partial charge is 0.394 e. The summed E-state index contributed by atoms with van der Waals surface area (Å²) < 4.78 is 23.2. The second-order valence-electron chi connectivity index (χ2n) is 9.61. The van der Waals surface area contributed by atoms with E-state index in [0.29, 0.717) is 12.8 Å². The lowest BCUT2D eigenvalue weighted by molar-refractivity contribution is -0.288. The van der Waals surface area contributed by atoms with Crippen molar-refractivity contribution in [1.82, 2.24) is 5.32 Å². The van der Waals surface area contributed by atoms with Crippen molar-refractivity contribution in [2.45, 2.75) is 105 Å². The highest BCUT2D eigenvalue weighted by atomic mass is 35.5. The summed E-state index contributed by atoms with van der Waals surface area (Å²) in [7, 11) is 0. The van der Waals surface area contributed by atoms with Crippen LogP contribution in [0, 0.1) is 0 Å². The van der Waals surface area contributed by atoms with Crippen molar-refractivity contribution in [1.29, 1.82) is 0 Å². The number of ether oxygens (including phenoxy) is 4. The zero-order valence-corrected chi connectivity index (χ0v) is 24.9. The molecule has 1 saturated carbocycles. The highest BCUT2D eigenvalue weighted by molar-refractivity contribution is 5.86.